The van der Waals surface area contributed by atoms with Crippen LogP contribution in [0.2, 0.25) is 0 Å². The second-order valence-corrected chi connectivity index (χ2v) is 5.27. The van der Waals surface area contributed by atoms with Gasteiger partial charge in [-0.15, -0.1) is 0 Å². The highest BCUT2D eigenvalue weighted by atomic mass is 127. The minimum atomic E-state index is -0.569. The van der Waals surface area contributed by atoms with Crippen molar-refractivity contribution in [3.63, 3.8) is 0 Å². The molecule has 0 aliphatic carbocycles. The van der Waals surface area contributed by atoms with Crippen molar-refractivity contribution in [2.75, 3.05) is 0 Å². The summed E-state index contributed by atoms with van der Waals surface area (Å²) in [7, 11) is 0. The molecule has 1 nitrogen and oxygen atoms in total. The van der Waals surface area contributed by atoms with Crippen molar-refractivity contribution in [3.05, 3.63) is 68.8 Å². The molecular formula is C14H12F2IN. The fourth-order valence-electron chi connectivity index (χ4n) is 1.87. The topological polar surface area (TPSA) is 26.0 Å². The van der Waals surface area contributed by atoms with E-state index in [9.17, 15) is 8.78 Å². The van der Waals surface area contributed by atoms with Crippen LogP contribution in [0.1, 0.15) is 17.2 Å². The molecule has 1 unspecified atom stereocenters. The Labute approximate surface area is 118 Å². The van der Waals surface area contributed by atoms with E-state index >= 15 is 0 Å². The molecule has 4 heteroatoms. The summed E-state index contributed by atoms with van der Waals surface area (Å²) in [4.78, 5) is 0. The van der Waals surface area contributed by atoms with Gasteiger partial charge in [-0.1, -0.05) is 18.2 Å². The lowest BCUT2D eigenvalue weighted by atomic mass is 10.00. The third-order valence-electron chi connectivity index (χ3n) is 2.68. The highest BCUT2D eigenvalue weighted by Crippen LogP contribution is 2.22. The predicted molar refractivity (Wildman–Crippen MR) is 76.1 cm³/mol. The molecule has 0 bridgehead atoms. The number of halogens is 3. The molecule has 2 rings (SSSR count). The Kier molecular flexibility index (Phi) is 4.29. The zero-order valence-electron chi connectivity index (χ0n) is 9.54. The van der Waals surface area contributed by atoms with E-state index in [2.05, 4.69) is 22.6 Å². The first-order valence-electron chi connectivity index (χ1n) is 5.51. The maximum atomic E-state index is 13.1. The molecule has 18 heavy (non-hydrogen) atoms. The molecular weight excluding hydrogens is 347 g/mol. The zero-order chi connectivity index (χ0) is 13.1. The second kappa shape index (κ2) is 5.75. The molecule has 0 aliphatic rings. The van der Waals surface area contributed by atoms with E-state index < -0.39 is 11.6 Å². The van der Waals surface area contributed by atoms with E-state index in [0.717, 1.165) is 15.2 Å². The Morgan fingerprint density at radius 2 is 1.67 bits per heavy atom. The zero-order valence-corrected chi connectivity index (χ0v) is 11.7. The minimum Gasteiger partial charge on any atom is -0.324 e. The highest BCUT2D eigenvalue weighted by Gasteiger charge is 2.11. The Bertz CT molecular complexity index is 537. The fraction of sp³-hybridized carbons (Fsp3) is 0.143. The van der Waals surface area contributed by atoms with Gasteiger partial charge in [0.2, 0.25) is 0 Å². The van der Waals surface area contributed by atoms with Gasteiger partial charge in [-0.05, 0) is 58.3 Å². The van der Waals surface area contributed by atoms with Crippen LogP contribution in [0.4, 0.5) is 8.78 Å². The van der Waals surface area contributed by atoms with Crippen LogP contribution in [0, 0.1) is 15.2 Å². The van der Waals surface area contributed by atoms with Gasteiger partial charge < -0.3 is 5.73 Å². The largest absolute Gasteiger partial charge is 0.324 e. The van der Waals surface area contributed by atoms with E-state index in [1.807, 2.05) is 24.3 Å². The van der Waals surface area contributed by atoms with Crippen LogP contribution in [-0.2, 0) is 6.42 Å². The van der Waals surface area contributed by atoms with E-state index in [1.165, 1.54) is 12.1 Å². The number of benzene rings is 2. The molecule has 2 aromatic rings. The lowest BCUT2D eigenvalue weighted by Gasteiger charge is -2.14. The summed E-state index contributed by atoms with van der Waals surface area (Å²) >= 11 is 2.20. The third kappa shape index (κ3) is 3.26. The molecule has 0 saturated carbocycles. The normalized spacial score (nSPS) is 12.4. The Morgan fingerprint density at radius 1 is 1.06 bits per heavy atom. The molecule has 0 saturated heterocycles. The summed E-state index contributed by atoms with van der Waals surface area (Å²) in [5.74, 6) is -1.14. The van der Waals surface area contributed by atoms with Gasteiger partial charge in [0.05, 0.1) is 0 Å². The van der Waals surface area contributed by atoms with Gasteiger partial charge in [0.25, 0.3) is 0 Å². The van der Waals surface area contributed by atoms with Crippen LogP contribution in [0.15, 0.2) is 42.5 Å². The first kappa shape index (κ1) is 13.4. The van der Waals surface area contributed by atoms with E-state index in [0.29, 0.717) is 12.0 Å². The van der Waals surface area contributed by atoms with E-state index in [4.69, 9.17) is 5.73 Å². The molecule has 94 valence electrons. The summed E-state index contributed by atoms with van der Waals surface area (Å²) in [6.07, 6.45) is 0.411. The quantitative estimate of drug-likeness (QED) is 0.829. The molecule has 0 aromatic heterocycles. The van der Waals surface area contributed by atoms with Crippen LogP contribution in [0.3, 0.4) is 0 Å². The second-order valence-electron chi connectivity index (χ2n) is 4.11. The van der Waals surface area contributed by atoms with Gasteiger partial charge in [-0.25, -0.2) is 8.78 Å². The van der Waals surface area contributed by atoms with Gasteiger partial charge in [-0.3, -0.25) is 0 Å². The minimum absolute atomic E-state index is 0.265. The average molecular weight is 359 g/mol. The van der Waals surface area contributed by atoms with Crippen LogP contribution < -0.4 is 5.73 Å². The lowest BCUT2D eigenvalue weighted by molar-refractivity contribution is 0.576. The Balaban J connectivity index is 2.21. The monoisotopic (exact) mass is 359 g/mol. The molecule has 1 atom stereocenters. The van der Waals surface area contributed by atoms with Crippen molar-refractivity contribution in [3.8, 4) is 0 Å². The molecule has 0 radical (unpaired) electrons. The van der Waals surface area contributed by atoms with E-state index in [1.54, 1.807) is 0 Å². The molecule has 2 aromatic carbocycles. The van der Waals surface area contributed by atoms with Crippen LogP contribution >= 0.6 is 22.6 Å². The van der Waals surface area contributed by atoms with Crippen molar-refractivity contribution >= 4 is 22.6 Å². The summed E-state index contributed by atoms with van der Waals surface area (Å²) in [5.41, 5.74) is 7.64. The van der Waals surface area contributed by atoms with Crippen molar-refractivity contribution < 1.29 is 8.78 Å². The molecule has 0 aliphatic heterocycles. The third-order valence-corrected chi connectivity index (χ3v) is 3.67. The molecule has 0 heterocycles. The number of rotatable bonds is 3. The van der Waals surface area contributed by atoms with Gasteiger partial charge in [-0.2, -0.15) is 0 Å². The van der Waals surface area contributed by atoms with Gasteiger partial charge in [0.15, 0.2) is 0 Å². The van der Waals surface area contributed by atoms with Crippen molar-refractivity contribution in [1.29, 1.82) is 0 Å². The van der Waals surface area contributed by atoms with Gasteiger partial charge in [0, 0.05) is 15.7 Å². The summed E-state index contributed by atoms with van der Waals surface area (Å²) in [6, 6.07) is 11.0. The molecule has 0 spiro atoms. The summed E-state index contributed by atoms with van der Waals surface area (Å²) < 4.78 is 27.2. The number of hydrogen-bond donors (Lipinski definition) is 1. The van der Waals surface area contributed by atoms with Crippen molar-refractivity contribution in [2.24, 2.45) is 5.73 Å². The number of hydrogen-bond acceptors (Lipinski definition) is 1. The maximum Gasteiger partial charge on any atom is 0.126 e. The van der Waals surface area contributed by atoms with Crippen molar-refractivity contribution in [1.82, 2.24) is 0 Å². The SMILES string of the molecule is NC(Cc1cc(F)cc(F)c1)c1ccccc1I. The van der Waals surface area contributed by atoms with E-state index in [-0.39, 0.29) is 6.04 Å². The smallest absolute Gasteiger partial charge is 0.126 e. The van der Waals surface area contributed by atoms with Crippen LogP contribution in [0.5, 0.6) is 0 Å². The first-order valence-corrected chi connectivity index (χ1v) is 6.59. The number of nitrogens with two attached hydrogens (primary N) is 1. The first-order chi connectivity index (χ1) is 8.56. The Morgan fingerprint density at radius 3 is 2.28 bits per heavy atom. The van der Waals surface area contributed by atoms with Gasteiger partial charge in [0.1, 0.15) is 11.6 Å². The molecule has 0 fully saturated rings. The fourth-order valence-corrected chi connectivity index (χ4v) is 2.66. The average Bonchev–Trinajstić information content (AvgIpc) is 2.27. The predicted octanol–water partition coefficient (Wildman–Crippen LogP) is 3.81. The van der Waals surface area contributed by atoms with Crippen LogP contribution in [0.25, 0.3) is 0 Å². The summed E-state index contributed by atoms with van der Waals surface area (Å²) in [5, 5.41) is 0. The standard InChI is InChI=1S/C14H12F2IN/c15-10-5-9(6-11(16)8-10)7-14(18)12-3-1-2-4-13(12)17/h1-6,8,14H,7,18H2. The van der Waals surface area contributed by atoms with Crippen LogP contribution in [-0.4, -0.2) is 0 Å². The summed E-state index contributed by atoms with van der Waals surface area (Å²) in [6.45, 7) is 0. The lowest BCUT2D eigenvalue weighted by Crippen LogP contribution is -2.14. The van der Waals surface area contributed by atoms with Gasteiger partial charge >= 0.3 is 0 Å². The molecule has 2 N–H and O–H groups in total. The molecule has 0 amide bonds. The highest BCUT2D eigenvalue weighted by molar-refractivity contribution is 14.1. The Hall–Kier alpha value is -1.01. The van der Waals surface area contributed by atoms with Crippen molar-refractivity contribution in [2.45, 2.75) is 12.5 Å². The maximum absolute atomic E-state index is 13.1.